The summed E-state index contributed by atoms with van der Waals surface area (Å²) in [4.78, 5) is 0. The minimum absolute atomic E-state index is 0.198. The molecule has 0 radical (unpaired) electrons. The monoisotopic (exact) mass is 179 g/mol. The van der Waals surface area contributed by atoms with E-state index in [0.717, 1.165) is 12.0 Å². The van der Waals surface area contributed by atoms with Gasteiger partial charge in [0.25, 0.3) is 0 Å². The molecule has 0 aromatic heterocycles. The number of aryl methyl sites for hydroxylation is 1. The van der Waals surface area contributed by atoms with Gasteiger partial charge in [0, 0.05) is 6.42 Å². The quantitative estimate of drug-likeness (QED) is 0.491. The van der Waals surface area contributed by atoms with E-state index in [1.807, 2.05) is 12.1 Å². The second kappa shape index (κ2) is 4.52. The Labute approximate surface area is 77.3 Å². The van der Waals surface area contributed by atoms with E-state index in [0.29, 0.717) is 12.1 Å². The SMILES string of the molecule is C=C(O)CCc1ccc(NO)cc1. The zero-order valence-electron chi connectivity index (χ0n) is 7.33. The van der Waals surface area contributed by atoms with Gasteiger partial charge >= 0.3 is 0 Å². The lowest BCUT2D eigenvalue weighted by atomic mass is 10.1. The van der Waals surface area contributed by atoms with Gasteiger partial charge in [-0.05, 0) is 24.1 Å². The molecular weight excluding hydrogens is 166 g/mol. The molecule has 0 aliphatic rings. The molecule has 1 aromatic rings. The third kappa shape index (κ3) is 3.17. The maximum absolute atomic E-state index is 8.87. The lowest BCUT2D eigenvalue weighted by Crippen LogP contribution is -1.90. The van der Waals surface area contributed by atoms with Crippen LogP contribution in [0.5, 0.6) is 0 Å². The Bertz CT molecular complexity index is 279. The van der Waals surface area contributed by atoms with Crippen LogP contribution in [0, 0.1) is 0 Å². The first kappa shape index (κ1) is 9.61. The maximum Gasteiger partial charge on any atom is 0.0854 e. The second-order valence-corrected chi connectivity index (χ2v) is 2.87. The van der Waals surface area contributed by atoms with E-state index >= 15 is 0 Å². The van der Waals surface area contributed by atoms with Gasteiger partial charge in [0.15, 0.2) is 0 Å². The number of allylic oxidation sites excluding steroid dienone is 1. The van der Waals surface area contributed by atoms with Gasteiger partial charge in [-0.1, -0.05) is 18.7 Å². The van der Waals surface area contributed by atoms with E-state index in [9.17, 15) is 0 Å². The minimum Gasteiger partial charge on any atom is -0.513 e. The van der Waals surface area contributed by atoms with Crippen molar-refractivity contribution >= 4 is 5.69 Å². The molecule has 0 atom stereocenters. The average Bonchev–Trinajstić information content (AvgIpc) is 2.15. The van der Waals surface area contributed by atoms with Gasteiger partial charge < -0.3 is 5.11 Å². The summed E-state index contributed by atoms with van der Waals surface area (Å²) in [7, 11) is 0. The zero-order chi connectivity index (χ0) is 9.68. The molecule has 1 aromatic carbocycles. The molecule has 3 heteroatoms. The van der Waals surface area contributed by atoms with Gasteiger partial charge in [0.2, 0.25) is 0 Å². The van der Waals surface area contributed by atoms with Crippen LogP contribution in [0.2, 0.25) is 0 Å². The van der Waals surface area contributed by atoms with Crippen molar-refractivity contribution in [3.05, 3.63) is 42.2 Å². The van der Waals surface area contributed by atoms with Gasteiger partial charge in [-0.3, -0.25) is 10.7 Å². The van der Waals surface area contributed by atoms with Crippen LogP contribution < -0.4 is 5.48 Å². The molecule has 0 amide bonds. The largest absolute Gasteiger partial charge is 0.513 e. The summed E-state index contributed by atoms with van der Waals surface area (Å²) in [5.74, 6) is 0.198. The number of aliphatic hydroxyl groups is 1. The molecule has 0 spiro atoms. The van der Waals surface area contributed by atoms with E-state index in [1.165, 1.54) is 0 Å². The van der Waals surface area contributed by atoms with Crippen LogP contribution in [0.4, 0.5) is 5.69 Å². The summed E-state index contributed by atoms with van der Waals surface area (Å²) in [5.41, 5.74) is 3.82. The van der Waals surface area contributed by atoms with Gasteiger partial charge in [0.1, 0.15) is 0 Å². The molecule has 0 fully saturated rings. The molecule has 0 saturated carbocycles. The van der Waals surface area contributed by atoms with Crippen molar-refractivity contribution in [3.63, 3.8) is 0 Å². The zero-order valence-corrected chi connectivity index (χ0v) is 7.33. The first-order valence-corrected chi connectivity index (χ1v) is 4.08. The van der Waals surface area contributed by atoms with E-state index in [-0.39, 0.29) is 5.76 Å². The van der Waals surface area contributed by atoms with Crippen molar-refractivity contribution < 1.29 is 10.3 Å². The summed E-state index contributed by atoms with van der Waals surface area (Å²) in [6.07, 6.45) is 1.34. The Morgan fingerprint density at radius 3 is 2.38 bits per heavy atom. The van der Waals surface area contributed by atoms with Gasteiger partial charge in [-0.15, -0.1) is 0 Å². The highest BCUT2D eigenvalue weighted by Gasteiger charge is 1.95. The standard InChI is InChI=1S/C10H13NO2/c1-8(12)2-3-9-4-6-10(11-13)7-5-9/h4-7,11-13H,1-3H2. The number of benzene rings is 1. The first-order valence-electron chi connectivity index (χ1n) is 4.08. The van der Waals surface area contributed by atoms with Crippen LogP contribution in [0.1, 0.15) is 12.0 Å². The summed E-state index contributed by atoms with van der Waals surface area (Å²) < 4.78 is 0. The van der Waals surface area contributed by atoms with Crippen LogP contribution in [0.3, 0.4) is 0 Å². The summed E-state index contributed by atoms with van der Waals surface area (Å²) >= 11 is 0. The summed E-state index contributed by atoms with van der Waals surface area (Å²) in [6, 6.07) is 7.33. The predicted octanol–water partition coefficient (Wildman–Crippen LogP) is 2.49. The van der Waals surface area contributed by atoms with Crippen LogP contribution >= 0.6 is 0 Å². The molecule has 0 heterocycles. The highest BCUT2D eigenvalue weighted by Crippen LogP contribution is 2.11. The predicted molar refractivity (Wildman–Crippen MR) is 51.9 cm³/mol. The van der Waals surface area contributed by atoms with Crippen molar-refractivity contribution in [1.82, 2.24) is 0 Å². The van der Waals surface area contributed by atoms with Crippen molar-refractivity contribution in [2.24, 2.45) is 0 Å². The number of anilines is 1. The second-order valence-electron chi connectivity index (χ2n) is 2.87. The van der Waals surface area contributed by atoms with Crippen molar-refractivity contribution in [1.29, 1.82) is 0 Å². The van der Waals surface area contributed by atoms with E-state index < -0.39 is 0 Å². The van der Waals surface area contributed by atoms with Crippen LogP contribution in [-0.2, 0) is 6.42 Å². The molecule has 3 N–H and O–H groups in total. The Kier molecular flexibility index (Phi) is 3.34. The fourth-order valence-corrected chi connectivity index (χ4v) is 1.03. The fourth-order valence-electron chi connectivity index (χ4n) is 1.03. The molecular formula is C10H13NO2. The number of rotatable bonds is 4. The lowest BCUT2D eigenvalue weighted by Gasteiger charge is -2.02. The van der Waals surface area contributed by atoms with Gasteiger partial charge in [0.05, 0.1) is 11.4 Å². The molecule has 3 nitrogen and oxygen atoms in total. The number of hydrogen-bond donors (Lipinski definition) is 3. The van der Waals surface area contributed by atoms with Crippen molar-refractivity contribution in [2.45, 2.75) is 12.8 Å². The molecule has 0 bridgehead atoms. The molecule has 0 aliphatic heterocycles. The van der Waals surface area contributed by atoms with E-state index in [2.05, 4.69) is 12.1 Å². The number of aliphatic hydroxyl groups excluding tert-OH is 1. The average molecular weight is 179 g/mol. The Morgan fingerprint density at radius 2 is 1.92 bits per heavy atom. The summed E-state index contributed by atoms with van der Waals surface area (Å²) in [6.45, 7) is 3.41. The molecule has 0 unspecified atom stereocenters. The first-order chi connectivity index (χ1) is 6.22. The maximum atomic E-state index is 8.87. The third-order valence-corrected chi connectivity index (χ3v) is 1.79. The molecule has 1 rings (SSSR count). The number of hydrogen-bond acceptors (Lipinski definition) is 3. The number of nitrogens with one attached hydrogen (secondary N) is 1. The molecule has 13 heavy (non-hydrogen) atoms. The molecule has 70 valence electrons. The lowest BCUT2D eigenvalue weighted by molar-refractivity contribution is 0.388. The Balaban J connectivity index is 2.54. The fraction of sp³-hybridized carbons (Fsp3) is 0.200. The normalized spacial score (nSPS) is 9.62. The smallest absolute Gasteiger partial charge is 0.0854 e. The summed E-state index contributed by atoms with van der Waals surface area (Å²) in [5, 5.41) is 17.4. The van der Waals surface area contributed by atoms with E-state index in [4.69, 9.17) is 10.3 Å². The highest BCUT2D eigenvalue weighted by atomic mass is 16.5. The van der Waals surface area contributed by atoms with Crippen molar-refractivity contribution in [2.75, 3.05) is 5.48 Å². The van der Waals surface area contributed by atoms with Gasteiger partial charge in [-0.2, -0.15) is 0 Å². The van der Waals surface area contributed by atoms with Crippen LogP contribution in [-0.4, -0.2) is 10.3 Å². The van der Waals surface area contributed by atoms with Crippen molar-refractivity contribution in [3.8, 4) is 0 Å². The van der Waals surface area contributed by atoms with Crippen LogP contribution in [0.15, 0.2) is 36.6 Å². The molecule has 0 aliphatic carbocycles. The Morgan fingerprint density at radius 1 is 1.31 bits per heavy atom. The minimum atomic E-state index is 0.198. The third-order valence-electron chi connectivity index (χ3n) is 1.79. The van der Waals surface area contributed by atoms with Crippen LogP contribution in [0.25, 0.3) is 0 Å². The van der Waals surface area contributed by atoms with Gasteiger partial charge in [-0.25, -0.2) is 0 Å². The molecule has 0 saturated heterocycles. The Hall–Kier alpha value is -1.48. The van der Waals surface area contributed by atoms with E-state index in [1.54, 1.807) is 12.1 Å². The topological polar surface area (TPSA) is 52.5 Å². The highest BCUT2D eigenvalue weighted by molar-refractivity contribution is 5.42.